The van der Waals surface area contributed by atoms with Crippen LogP contribution in [0.25, 0.3) is 0 Å². The number of aliphatic hydroxyl groups excluding tert-OH is 1. The second kappa shape index (κ2) is 4.31. The van der Waals surface area contributed by atoms with Crippen molar-refractivity contribution in [2.24, 2.45) is 7.05 Å². The summed E-state index contributed by atoms with van der Waals surface area (Å²) in [5, 5.41) is 21.1. The molecule has 1 aromatic carbocycles. The molecule has 1 atom stereocenters. The van der Waals surface area contributed by atoms with Crippen LogP contribution in [0, 0.1) is 6.92 Å². The first-order valence-electron chi connectivity index (χ1n) is 4.76. The molecule has 0 spiro atoms. The Morgan fingerprint density at radius 2 is 2.19 bits per heavy atom. The third-order valence-corrected chi connectivity index (χ3v) is 3.26. The summed E-state index contributed by atoms with van der Waals surface area (Å²) in [5.74, 6) is 0.427. The lowest BCUT2D eigenvalue weighted by atomic mass is 10.1. The number of rotatable bonds is 2. The molecule has 1 unspecified atom stereocenters. The van der Waals surface area contributed by atoms with Crippen molar-refractivity contribution in [3.8, 4) is 0 Å². The summed E-state index contributed by atoms with van der Waals surface area (Å²) in [6.45, 7) is 1.99. The van der Waals surface area contributed by atoms with Crippen molar-refractivity contribution in [3.63, 3.8) is 0 Å². The van der Waals surface area contributed by atoms with Gasteiger partial charge in [-0.05, 0) is 34.5 Å². The molecule has 0 aliphatic heterocycles. The number of hydrogen-bond acceptors (Lipinski definition) is 4. The standard InChI is InChI=1S/C10H11BrN4O/c1-6-3-4-7(5-8(6)11)9(16)10-12-13-14-15(10)2/h3-5,9,16H,1-2H3. The first kappa shape index (κ1) is 11.2. The van der Waals surface area contributed by atoms with E-state index in [2.05, 4.69) is 31.5 Å². The second-order valence-corrected chi connectivity index (χ2v) is 4.43. The molecule has 5 nitrogen and oxygen atoms in total. The van der Waals surface area contributed by atoms with Gasteiger partial charge in [-0.3, -0.25) is 0 Å². The van der Waals surface area contributed by atoms with Gasteiger partial charge in [-0.1, -0.05) is 28.1 Å². The van der Waals surface area contributed by atoms with E-state index in [1.54, 1.807) is 7.05 Å². The van der Waals surface area contributed by atoms with E-state index in [9.17, 15) is 5.11 Å². The molecule has 0 saturated carbocycles. The Labute approximate surface area is 101 Å². The third-order valence-electron chi connectivity index (χ3n) is 2.41. The number of aromatic nitrogens is 4. The lowest BCUT2D eigenvalue weighted by molar-refractivity contribution is 0.204. The quantitative estimate of drug-likeness (QED) is 0.904. The van der Waals surface area contributed by atoms with Crippen molar-refractivity contribution >= 4 is 15.9 Å². The lowest BCUT2D eigenvalue weighted by Crippen LogP contribution is -2.08. The molecule has 1 aromatic heterocycles. The first-order valence-corrected chi connectivity index (χ1v) is 5.55. The van der Waals surface area contributed by atoms with Gasteiger partial charge in [0.05, 0.1) is 0 Å². The molecule has 1 N–H and O–H groups in total. The van der Waals surface area contributed by atoms with Gasteiger partial charge in [0.15, 0.2) is 5.82 Å². The van der Waals surface area contributed by atoms with Gasteiger partial charge >= 0.3 is 0 Å². The monoisotopic (exact) mass is 282 g/mol. The van der Waals surface area contributed by atoms with E-state index in [1.165, 1.54) is 4.68 Å². The van der Waals surface area contributed by atoms with Crippen LogP contribution in [-0.2, 0) is 7.05 Å². The predicted octanol–water partition coefficient (Wildman–Crippen LogP) is 1.36. The summed E-state index contributed by atoms with van der Waals surface area (Å²) in [6, 6.07) is 5.67. The summed E-state index contributed by atoms with van der Waals surface area (Å²) >= 11 is 3.43. The zero-order chi connectivity index (χ0) is 11.7. The van der Waals surface area contributed by atoms with Gasteiger partial charge in [-0.15, -0.1) is 5.10 Å². The maximum atomic E-state index is 10.1. The first-order chi connectivity index (χ1) is 7.59. The molecule has 0 aliphatic carbocycles. The van der Waals surface area contributed by atoms with E-state index in [0.29, 0.717) is 5.82 Å². The van der Waals surface area contributed by atoms with Crippen LogP contribution in [0.5, 0.6) is 0 Å². The highest BCUT2D eigenvalue weighted by Gasteiger charge is 2.17. The predicted molar refractivity (Wildman–Crippen MR) is 61.7 cm³/mol. The number of tetrazole rings is 1. The molecule has 0 radical (unpaired) electrons. The van der Waals surface area contributed by atoms with Gasteiger partial charge < -0.3 is 5.11 Å². The summed E-state index contributed by atoms with van der Waals surface area (Å²) in [6.07, 6.45) is -0.808. The van der Waals surface area contributed by atoms with Gasteiger partial charge in [0.1, 0.15) is 6.10 Å². The molecule has 0 aliphatic rings. The van der Waals surface area contributed by atoms with Crippen LogP contribution in [0.2, 0.25) is 0 Å². The fraction of sp³-hybridized carbons (Fsp3) is 0.300. The minimum Gasteiger partial charge on any atom is -0.380 e. The third kappa shape index (κ3) is 1.98. The van der Waals surface area contributed by atoms with E-state index in [0.717, 1.165) is 15.6 Å². The van der Waals surface area contributed by atoms with Crippen molar-refractivity contribution in [3.05, 3.63) is 39.6 Å². The Kier molecular flexibility index (Phi) is 3.02. The molecule has 0 saturated heterocycles. The smallest absolute Gasteiger partial charge is 0.184 e. The number of benzene rings is 1. The number of nitrogens with zero attached hydrogens (tertiary/aromatic N) is 4. The second-order valence-electron chi connectivity index (χ2n) is 3.57. The Morgan fingerprint density at radius 1 is 1.44 bits per heavy atom. The van der Waals surface area contributed by atoms with Crippen LogP contribution in [0.1, 0.15) is 23.1 Å². The molecule has 84 valence electrons. The molecular weight excluding hydrogens is 272 g/mol. The number of halogens is 1. The lowest BCUT2D eigenvalue weighted by Gasteiger charge is -2.10. The number of aliphatic hydroxyl groups is 1. The topological polar surface area (TPSA) is 63.8 Å². The SMILES string of the molecule is Cc1ccc(C(O)c2nnnn2C)cc1Br. The molecule has 2 aromatic rings. The van der Waals surface area contributed by atoms with Crippen LogP contribution in [-0.4, -0.2) is 25.3 Å². The van der Waals surface area contributed by atoms with E-state index in [-0.39, 0.29) is 0 Å². The van der Waals surface area contributed by atoms with Crippen molar-refractivity contribution in [2.75, 3.05) is 0 Å². The van der Waals surface area contributed by atoms with Crippen LogP contribution in [0.15, 0.2) is 22.7 Å². The maximum Gasteiger partial charge on any atom is 0.184 e. The average Bonchev–Trinajstić information content (AvgIpc) is 2.67. The number of aryl methyl sites for hydroxylation is 2. The Hall–Kier alpha value is -1.27. The van der Waals surface area contributed by atoms with E-state index < -0.39 is 6.10 Å². The Morgan fingerprint density at radius 3 is 2.75 bits per heavy atom. The van der Waals surface area contributed by atoms with E-state index in [4.69, 9.17) is 0 Å². The van der Waals surface area contributed by atoms with E-state index >= 15 is 0 Å². The molecule has 16 heavy (non-hydrogen) atoms. The van der Waals surface area contributed by atoms with Gasteiger partial charge in [-0.25, -0.2) is 4.68 Å². The van der Waals surface area contributed by atoms with Gasteiger partial charge in [-0.2, -0.15) is 0 Å². The zero-order valence-corrected chi connectivity index (χ0v) is 10.5. The highest BCUT2D eigenvalue weighted by atomic mass is 79.9. The molecular formula is C10H11BrN4O. The highest BCUT2D eigenvalue weighted by Crippen LogP contribution is 2.24. The summed E-state index contributed by atoms with van der Waals surface area (Å²) in [7, 11) is 1.70. The minimum absolute atomic E-state index is 0.427. The Balaban J connectivity index is 2.38. The molecule has 0 bridgehead atoms. The fourth-order valence-electron chi connectivity index (χ4n) is 1.40. The molecule has 1 heterocycles. The fourth-order valence-corrected chi connectivity index (χ4v) is 1.79. The van der Waals surface area contributed by atoms with Crippen molar-refractivity contribution in [2.45, 2.75) is 13.0 Å². The maximum absolute atomic E-state index is 10.1. The van der Waals surface area contributed by atoms with Crippen LogP contribution in [0.3, 0.4) is 0 Å². The van der Waals surface area contributed by atoms with Crippen LogP contribution in [0.4, 0.5) is 0 Å². The van der Waals surface area contributed by atoms with Crippen molar-refractivity contribution < 1.29 is 5.11 Å². The Bertz CT molecular complexity index is 511. The molecule has 0 fully saturated rings. The largest absolute Gasteiger partial charge is 0.380 e. The normalized spacial score (nSPS) is 12.8. The highest BCUT2D eigenvalue weighted by molar-refractivity contribution is 9.10. The van der Waals surface area contributed by atoms with Gasteiger partial charge in [0.25, 0.3) is 0 Å². The van der Waals surface area contributed by atoms with Crippen molar-refractivity contribution in [1.29, 1.82) is 0 Å². The molecule has 2 rings (SSSR count). The number of hydrogen-bond donors (Lipinski definition) is 1. The molecule has 6 heteroatoms. The van der Waals surface area contributed by atoms with Crippen molar-refractivity contribution in [1.82, 2.24) is 20.2 Å². The van der Waals surface area contributed by atoms with Crippen LogP contribution < -0.4 is 0 Å². The van der Waals surface area contributed by atoms with Gasteiger partial charge in [0.2, 0.25) is 0 Å². The molecule has 0 amide bonds. The zero-order valence-electron chi connectivity index (χ0n) is 8.92. The van der Waals surface area contributed by atoms with E-state index in [1.807, 2.05) is 25.1 Å². The summed E-state index contributed by atoms with van der Waals surface area (Å²) < 4.78 is 2.41. The van der Waals surface area contributed by atoms with Crippen LogP contribution >= 0.6 is 15.9 Å². The van der Waals surface area contributed by atoms with Gasteiger partial charge in [0, 0.05) is 11.5 Å². The summed E-state index contributed by atoms with van der Waals surface area (Å²) in [5.41, 5.74) is 1.88. The average molecular weight is 283 g/mol. The summed E-state index contributed by atoms with van der Waals surface area (Å²) in [4.78, 5) is 0. The minimum atomic E-state index is -0.808.